The van der Waals surface area contributed by atoms with Crippen LogP contribution in [-0.4, -0.2) is 16.3 Å². The third-order valence-electron chi connectivity index (χ3n) is 2.96. The molecule has 1 aromatic heterocycles. The number of hydrogen-bond acceptors (Lipinski definition) is 5. The summed E-state index contributed by atoms with van der Waals surface area (Å²) in [5.41, 5.74) is 5.22. The molecule has 4 nitrogen and oxygen atoms in total. The lowest BCUT2D eigenvalue weighted by molar-refractivity contribution is 0.475. The molecular formula is C16H11Cl2N3OS. The minimum absolute atomic E-state index is 0.197. The Balaban J connectivity index is 1.72. The Labute approximate surface area is 147 Å². The fourth-order valence-corrected chi connectivity index (χ4v) is 3.08. The second-order valence-electron chi connectivity index (χ2n) is 4.63. The molecule has 0 spiro atoms. The van der Waals surface area contributed by atoms with Crippen molar-refractivity contribution in [1.82, 2.24) is 4.98 Å². The molecule has 0 fully saturated rings. The zero-order valence-electron chi connectivity index (χ0n) is 11.7. The van der Waals surface area contributed by atoms with Crippen LogP contribution in [0.2, 0.25) is 10.0 Å². The first-order chi connectivity index (χ1) is 11.1. The Kier molecular flexibility index (Phi) is 4.81. The van der Waals surface area contributed by atoms with Crippen LogP contribution in [0.3, 0.4) is 0 Å². The number of hydrazone groups is 1. The van der Waals surface area contributed by atoms with Crippen molar-refractivity contribution in [2.24, 2.45) is 5.10 Å². The van der Waals surface area contributed by atoms with Gasteiger partial charge in [-0.25, -0.2) is 4.98 Å². The summed E-state index contributed by atoms with van der Waals surface area (Å²) >= 11 is 13.5. The lowest BCUT2D eigenvalue weighted by Crippen LogP contribution is -1.90. The van der Waals surface area contributed by atoms with Crippen LogP contribution < -0.4 is 5.43 Å². The molecule has 3 aromatic rings. The summed E-state index contributed by atoms with van der Waals surface area (Å²) in [6, 6.07) is 12.1. The molecule has 3 rings (SSSR count). The molecule has 1 heterocycles. The van der Waals surface area contributed by atoms with E-state index in [1.54, 1.807) is 36.5 Å². The molecule has 0 unspecified atom stereocenters. The van der Waals surface area contributed by atoms with Crippen molar-refractivity contribution in [2.45, 2.75) is 0 Å². The fraction of sp³-hybridized carbons (Fsp3) is 0. The van der Waals surface area contributed by atoms with Crippen molar-refractivity contribution >= 4 is 45.9 Å². The van der Waals surface area contributed by atoms with E-state index < -0.39 is 0 Å². The van der Waals surface area contributed by atoms with Gasteiger partial charge in [-0.2, -0.15) is 5.10 Å². The van der Waals surface area contributed by atoms with Gasteiger partial charge in [-0.05, 0) is 35.9 Å². The van der Waals surface area contributed by atoms with Gasteiger partial charge < -0.3 is 5.11 Å². The lowest BCUT2D eigenvalue weighted by Gasteiger charge is -2.00. The van der Waals surface area contributed by atoms with E-state index in [2.05, 4.69) is 15.5 Å². The Morgan fingerprint density at radius 2 is 2.04 bits per heavy atom. The first-order valence-electron chi connectivity index (χ1n) is 6.61. The standard InChI is InChI=1S/C16H11Cl2N3OS/c17-11-4-5-13(14(18)7-11)15-9-23-16(20-15)21-19-8-10-2-1-3-12(22)6-10/h1-9,22H,(H,20,21)/b19-8+. The molecule has 23 heavy (non-hydrogen) atoms. The molecule has 0 saturated carbocycles. The van der Waals surface area contributed by atoms with Gasteiger partial charge in [0.15, 0.2) is 0 Å². The number of phenols is 1. The zero-order chi connectivity index (χ0) is 16.2. The van der Waals surface area contributed by atoms with Gasteiger partial charge in [-0.1, -0.05) is 35.3 Å². The van der Waals surface area contributed by atoms with Crippen LogP contribution in [0.5, 0.6) is 5.75 Å². The number of anilines is 1. The summed E-state index contributed by atoms with van der Waals surface area (Å²) in [4.78, 5) is 4.44. The van der Waals surface area contributed by atoms with Gasteiger partial charge in [0, 0.05) is 16.0 Å². The maximum Gasteiger partial charge on any atom is 0.203 e. The average molecular weight is 364 g/mol. The number of halogens is 2. The van der Waals surface area contributed by atoms with Gasteiger partial charge in [0.2, 0.25) is 5.13 Å². The Morgan fingerprint density at radius 1 is 1.17 bits per heavy atom. The molecule has 7 heteroatoms. The topological polar surface area (TPSA) is 57.5 Å². The molecule has 0 radical (unpaired) electrons. The van der Waals surface area contributed by atoms with Crippen molar-refractivity contribution in [3.63, 3.8) is 0 Å². The van der Waals surface area contributed by atoms with E-state index in [4.69, 9.17) is 23.2 Å². The molecule has 2 N–H and O–H groups in total. The fourth-order valence-electron chi connectivity index (χ4n) is 1.91. The van der Waals surface area contributed by atoms with Crippen LogP contribution >= 0.6 is 34.5 Å². The second-order valence-corrected chi connectivity index (χ2v) is 6.33. The summed E-state index contributed by atoms with van der Waals surface area (Å²) in [7, 11) is 0. The Bertz CT molecular complexity index is 864. The summed E-state index contributed by atoms with van der Waals surface area (Å²) in [6.45, 7) is 0. The number of phenolic OH excluding ortho intramolecular Hbond substituents is 1. The highest BCUT2D eigenvalue weighted by Gasteiger charge is 2.08. The van der Waals surface area contributed by atoms with Gasteiger partial charge in [0.05, 0.1) is 16.9 Å². The molecule has 0 amide bonds. The smallest absolute Gasteiger partial charge is 0.203 e. The Hall–Kier alpha value is -2.08. The number of rotatable bonds is 4. The summed E-state index contributed by atoms with van der Waals surface area (Å²) in [5.74, 6) is 0.197. The molecule has 0 saturated heterocycles. The number of aromatic hydroxyl groups is 1. The van der Waals surface area contributed by atoms with E-state index in [1.807, 2.05) is 17.5 Å². The average Bonchev–Trinajstić information content (AvgIpc) is 2.96. The first-order valence-corrected chi connectivity index (χ1v) is 8.24. The lowest BCUT2D eigenvalue weighted by atomic mass is 10.2. The molecule has 0 bridgehead atoms. The van der Waals surface area contributed by atoms with Gasteiger partial charge in [-0.3, -0.25) is 5.43 Å². The van der Waals surface area contributed by atoms with Crippen molar-refractivity contribution < 1.29 is 5.11 Å². The second kappa shape index (κ2) is 7.00. The zero-order valence-corrected chi connectivity index (χ0v) is 14.0. The van der Waals surface area contributed by atoms with Crippen molar-refractivity contribution in [1.29, 1.82) is 0 Å². The molecule has 0 aliphatic heterocycles. The van der Waals surface area contributed by atoms with Gasteiger partial charge in [0.25, 0.3) is 0 Å². The summed E-state index contributed by atoms with van der Waals surface area (Å²) in [5, 5.41) is 17.2. The third kappa shape index (κ3) is 4.01. The maximum absolute atomic E-state index is 9.39. The predicted octanol–water partition coefficient (Wildman–Crippen LogP) is 5.27. The highest BCUT2D eigenvalue weighted by Crippen LogP contribution is 2.32. The maximum atomic E-state index is 9.39. The minimum atomic E-state index is 0.197. The highest BCUT2D eigenvalue weighted by molar-refractivity contribution is 7.14. The van der Waals surface area contributed by atoms with E-state index in [-0.39, 0.29) is 5.75 Å². The summed E-state index contributed by atoms with van der Waals surface area (Å²) < 4.78 is 0. The van der Waals surface area contributed by atoms with E-state index in [0.29, 0.717) is 15.2 Å². The van der Waals surface area contributed by atoms with Crippen LogP contribution in [0.15, 0.2) is 52.9 Å². The normalized spacial score (nSPS) is 11.0. The minimum Gasteiger partial charge on any atom is -0.508 e. The monoisotopic (exact) mass is 363 g/mol. The highest BCUT2D eigenvalue weighted by atomic mass is 35.5. The third-order valence-corrected chi connectivity index (χ3v) is 4.25. The quantitative estimate of drug-likeness (QED) is 0.490. The SMILES string of the molecule is Oc1cccc(/C=N/Nc2nc(-c3ccc(Cl)cc3Cl)cs2)c1. The van der Waals surface area contributed by atoms with Gasteiger partial charge in [0.1, 0.15) is 5.75 Å². The van der Waals surface area contributed by atoms with E-state index >= 15 is 0 Å². The van der Waals surface area contributed by atoms with Crippen LogP contribution in [0, 0.1) is 0 Å². The van der Waals surface area contributed by atoms with E-state index in [1.165, 1.54) is 11.3 Å². The molecule has 0 aliphatic carbocycles. The van der Waals surface area contributed by atoms with Crippen LogP contribution in [0.4, 0.5) is 5.13 Å². The number of thiazole rings is 1. The van der Waals surface area contributed by atoms with Crippen LogP contribution in [0.1, 0.15) is 5.56 Å². The van der Waals surface area contributed by atoms with Crippen LogP contribution in [-0.2, 0) is 0 Å². The molecule has 0 aliphatic rings. The number of benzene rings is 2. The van der Waals surface area contributed by atoms with Crippen molar-refractivity contribution in [3.05, 3.63) is 63.5 Å². The van der Waals surface area contributed by atoms with E-state index in [9.17, 15) is 5.11 Å². The number of nitrogens with zero attached hydrogens (tertiary/aromatic N) is 2. The first kappa shape index (κ1) is 15.8. The molecule has 116 valence electrons. The molecule has 0 atom stereocenters. The van der Waals surface area contributed by atoms with Crippen molar-refractivity contribution in [2.75, 3.05) is 5.43 Å². The number of hydrogen-bond donors (Lipinski definition) is 2. The Morgan fingerprint density at radius 3 is 2.83 bits per heavy atom. The van der Waals surface area contributed by atoms with Gasteiger partial charge in [-0.15, -0.1) is 11.3 Å². The van der Waals surface area contributed by atoms with E-state index in [0.717, 1.165) is 16.8 Å². The molecule has 2 aromatic carbocycles. The number of nitrogens with one attached hydrogen (secondary N) is 1. The molecular weight excluding hydrogens is 353 g/mol. The van der Waals surface area contributed by atoms with Crippen molar-refractivity contribution in [3.8, 4) is 17.0 Å². The predicted molar refractivity (Wildman–Crippen MR) is 96.9 cm³/mol. The van der Waals surface area contributed by atoms with Gasteiger partial charge >= 0.3 is 0 Å². The summed E-state index contributed by atoms with van der Waals surface area (Å²) in [6.07, 6.45) is 1.61. The van der Waals surface area contributed by atoms with Crippen LogP contribution in [0.25, 0.3) is 11.3 Å². The largest absolute Gasteiger partial charge is 0.508 e. The number of aromatic nitrogens is 1.